The topological polar surface area (TPSA) is 21.3 Å². The minimum absolute atomic E-state index is 0.130. The summed E-state index contributed by atoms with van der Waals surface area (Å²) in [5.74, 6) is -4.11. The summed E-state index contributed by atoms with van der Waals surface area (Å²) in [4.78, 5) is 0. The number of nitrogens with one attached hydrogen (secondary N) is 1. The summed E-state index contributed by atoms with van der Waals surface area (Å²) in [5.41, 5.74) is 0. The lowest BCUT2D eigenvalue weighted by Crippen LogP contribution is -2.47. The summed E-state index contributed by atoms with van der Waals surface area (Å²) in [6.07, 6.45) is -4.33. The van der Waals surface area contributed by atoms with Crippen molar-refractivity contribution < 1.29 is 26.7 Å². The number of hydrogen-bond donors (Lipinski definition) is 1. The summed E-state index contributed by atoms with van der Waals surface area (Å²) in [6.45, 7) is -2.12. The maximum atomic E-state index is 13.1. The van der Waals surface area contributed by atoms with Crippen molar-refractivity contribution in [1.82, 2.24) is 5.32 Å². The zero-order valence-corrected chi connectivity index (χ0v) is 7.91. The van der Waals surface area contributed by atoms with Gasteiger partial charge in [0.05, 0.1) is 13.2 Å². The molecule has 2 nitrogen and oxygen atoms in total. The molecule has 0 aromatic rings. The van der Waals surface area contributed by atoms with Gasteiger partial charge in [-0.1, -0.05) is 0 Å². The fraction of sp³-hybridized carbons (Fsp3) is 1.00. The Labute approximate surface area is 83.8 Å². The molecular formula is C8H12F5NO. The standard InChI is InChI=1S/C8H12F5NO/c9-7(10)4-14-2-1-6(7)3-15-5-8(11,12)13/h6,14H,1-5H2. The molecule has 7 heteroatoms. The Hall–Kier alpha value is -0.430. The lowest BCUT2D eigenvalue weighted by Gasteiger charge is -2.31. The van der Waals surface area contributed by atoms with Crippen molar-refractivity contribution in [1.29, 1.82) is 0 Å². The third-order valence-electron chi connectivity index (χ3n) is 2.21. The van der Waals surface area contributed by atoms with Crippen molar-refractivity contribution >= 4 is 0 Å². The number of hydrogen-bond acceptors (Lipinski definition) is 2. The van der Waals surface area contributed by atoms with E-state index >= 15 is 0 Å². The molecule has 1 atom stereocenters. The second kappa shape index (κ2) is 4.61. The van der Waals surface area contributed by atoms with E-state index in [1.807, 2.05) is 0 Å². The van der Waals surface area contributed by atoms with Crippen molar-refractivity contribution in [3.05, 3.63) is 0 Å². The molecular weight excluding hydrogens is 221 g/mol. The molecule has 1 fully saturated rings. The van der Waals surface area contributed by atoms with Crippen molar-refractivity contribution in [2.75, 3.05) is 26.3 Å². The smallest absolute Gasteiger partial charge is 0.372 e. The third-order valence-corrected chi connectivity index (χ3v) is 2.21. The largest absolute Gasteiger partial charge is 0.411 e. The van der Waals surface area contributed by atoms with Crippen LogP contribution in [-0.4, -0.2) is 38.4 Å². The van der Waals surface area contributed by atoms with Gasteiger partial charge in [-0.15, -0.1) is 0 Å². The Morgan fingerprint density at radius 2 is 2.00 bits per heavy atom. The normalized spacial score (nSPS) is 26.6. The molecule has 0 amide bonds. The van der Waals surface area contributed by atoms with Gasteiger partial charge in [0.2, 0.25) is 0 Å². The molecule has 0 saturated carbocycles. The van der Waals surface area contributed by atoms with E-state index < -0.39 is 37.8 Å². The molecule has 0 aliphatic carbocycles. The van der Waals surface area contributed by atoms with Crippen molar-refractivity contribution in [2.45, 2.75) is 18.5 Å². The lowest BCUT2D eigenvalue weighted by molar-refractivity contribution is -0.187. The molecule has 0 aromatic heterocycles. The maximum absolute atomic E-state index is 13.1. The highest BCUT2D eigenvalue weighted by atomic mass is 19.4. The number of alkyl halides is 5. The first-order chi connectivity index (χ1) is 6.81. The van der Waals surface area contributed by atoms with Crippen LogP contribution in [0.25, 0.3) is 0 Å². The number of rotatable bonds is 3. The molecule has 1 aliphatic heterocycles. The molecule has 0 bridgehead atoms. The lowest BCUT2D eigenvalue weighted by atomic mass is 9.95. The highest BCUT2D eigenvalue weighted by Crippen LogP contribution is 2.30. The SMILES string of the molecule is FC(F)(F)COCC1CCNCC1(F)F. The molecule has 1 unspecified atom stereocenters. The Bertz CT molecular complexity index is 206. The molecule has 0 aromatic carbocycles. The Kier molecular flexibility index (Phi) is 3.88. The van der Waals surface area contributed by atoms with Crippen LogP contribution in [0.3, 0.4) is 0 Å². The Morgan fingerprint density at radius 1 is 1.33 bits per heavy atom. The second-order valence-corrected chi connectivity index (χ2v) is 3.55. The van der Waals surface area contributed by atoms with E-state index in [4.69, 9.17) is 0 Å². The van der Waals surface area contributed by atoms with Gasteiger partial charge >= 0.3 is 6.18 Å². The van der Waals surface area contributed by atoms with Gasteiger partial charge in [0.1, 0.15) is 6.61 Å². The van der Waals surface area contributed by atoms with Gasteiger partial charge in [-0.2, -0.15) is 13.2 Å². The summed E-state index contributed by atoms with van der Waals surface area (Å²) in [7, 11) is 0. The van der Waals surface area contributed by atoms with E-state index in [-0.39, 0.29) is 6.42 Å². The van der Waals surface area contributed by atoms with Crippen LogP contribution in [-0.2, 0) is 4.74 Å². The van der Waals surface area contributed by atoms with Crippen LogP contribution in [0, 0.1) is 5.92 Å². The fourth-order valence-corrected chi connectivity index (χ4v) is 1.41. The van der Waals surface area contributed by atoms with Gasteiger partial charge in [0.25, 0.3) is 5.92 Å². The quantitative estimate of drug-likeness (QED) is 0.750. The van der Waals surface area contributed by atoms with Crippen molar-refractivity contribution in [2.24, 2.45) is 5.92 Å². The number of piperidine rings is 1. The molecule has 1 rings (SSSR count). The summed E-state index contributed by atoms with van der Waals surface area (Å²) in [6, 6.07) is 0. The summed E-state index contributed by atoms with van der Waals surface area (Å²) >= 11 is 0. The molecule has 1 N–H and O–H groups in total. The molecule has 0 radical (unpaired) electrons. The first kappa shape index (κ1) is 12.6. The van der Waals surface area contributed by atoms with Crippen LogP contribution < -0.4 is 5.32 Å². The average Bonchev–Trinajstić information content (AvgIpc) is 2.05. The van der Waals surface area contributed by atoms with Crippen molar-refractivity contribution in [3.63, 3.8) is 0 Å². The first-order valence-corrected chi connectivity index (χ1v) is 4.54. The first-order valence-electron chi connectivity index (χ1n) is 4.54. The van der Waals surface area contributed by atoms with Crippen LogP contribution in [0.5, 0.6) is 0 Å². The predicted octanol–water partition coefficient (Wildman–Crippen LogP) is 1.81. The molecule has 15 heavy (non-hydrogen) atoms. The molecule has 1 heterocycles. The van der Waals surface area contributed by atoms with E-state index in [1.165, 1.54) is 0 Å². The van der Waals surface area contributed by atoms with E-state index in [2.05, 4.69) is 10.1 Å². The molecule has 1 saturated heterocycles. The monoisotopic (exact) mass is 233 g/mol. The number of ether oxygens (including phenoxy) is 1. The van der Waals surface area contributed by atoms with Gasteiger partial charge < -0.3 is 10.1 Å². The fourth-order valence-electron chi connectivity index (χ4n) is 1.41. The van der Waals surface area contributed by atoms with Crippen LogP contribution in [0.15, 0.2) is 0 Å². The van der Waals surface area contributed by atoms with Crippen LogP contribution in [0.2, 0.25) is 0 Å². The Balaban J connectivity index is 2.31. The van der Waals surface area contributed by atoms with E-state index in [1.54, 1.807) is 0 Å². The van der Waals surface area contributed by atoms with Gasteiger partial charge in [0, 0.05) is 5.92 Å². The molecule has 90 valence electrons. The summed E-state index contributed by atoms with van der Waals surface area (Å²) in [5, 5.41) is 2.48. The van der Waals surface area contributed by atoms with Gasteiger partial charge in [-0.05, 0) is 13.0 Å². The van der Waals surface area contributed by atoms with Gasteiger partial charge in [-0.25, -0.2) is 8.78 Å². The second-order valence-electron chi connectivity index (χ2n) is 3.55. The van der Waals surface area contributed by atoms with E-state index in [9.17, 15) is 22.0 Å². The summed E-state index contributed by atoms with van der Waals surface area (Å²) < 4.78 is 65.4. The minimum atomic E-state index is -4.46. The molecule has 0 spiro atoms. The van der Waals surface area contributed by atoms with E-state index in [0.717, 1.165) is 0 Å². The van der Waals surface area contributed by atoms with Crippen molar-refractivity contribution in [3.8, 4) is 0 Å². The van der Waals surface area contributed by atoms with Crippen LogP contribution in [0.4, 0.5) is 22.0 Å². The third kappa shape index (κ3) is 4.29. The van der Waals surface area contributed by atoms with Gasteiger partial charge in [0.15, 0.2) is 0 Å². The number of halogens is 5. The van der Waals surface area contributed by atoms with Gasteiger partial charge in [-0.3, -0.25) is 0 Å². The minimum Gasteiger partial charge on any atom is -0.372 e. The molecule has 1 aliphatic rings. The van der Waals surface area contributed by atoms with Crippen LogP contribution in [0.1, 0.15) is 6.42 Å². The highest BCUT2D eigenvalue weighted by molar-refractivity contribution is 4.84. The average molecular weight is 233 g/mol. The zero-order valence-electron chi connectivity index (χ0n) is 7.91. The van der Waals surface area contributed by atoms with Crippen LogP contribution >= 0.6 is 0 Å². The Morgan fingerprint density at radius 3 is 2.53 bits per heavy atom. The zero-order chi connectivity index (χ0) is 11.5. The predicted molar refractivity (Wildman–Crippen MR) is 42.8 cm³/mol. The highest BCUT2D eigenvalue weighted by Gasteiger charge is 2.42. The maximum Gasteiger partial charge on any atom is 0.411 e. The van der Waals surface area contributed by atoms with E-state index in [0.29, 0.717) is 6.54 Å².